The lowest BCUT2D eigenvalue weighted by Gasteiger charge is -2.16. The Labute approximate surface area is 341 Å². The van der Waals surface area contributed by atoms with E-state index in [1.54, 1.807) is 30.9 Å². The largest absolute Gasteiger partial charge is 0.399 e. The highest BCUT2D eigenvalue weighted by atomic mass is 79.9. The molecule has 0 bridgehead atoms. The Morgan fingerprint density at radius 1 is 0.582 bits per heavy atom. The van der Waals surface area contributed by atoms with Gasteiger partial charge >= 0.3 is 0 Å². The van der Waals surface area contributed by atoms with Crippen LogP contribution in [0.3, 0.4) is 0 Å². The normalized spacial score (nSPS) is 10.7. The van der Waals surface area contributed by atoms with E-state index in [4.69, 9.17) is 47.9 Å². The first-order valence-electron chi connectivity index (χ1n) is 17.7. The number of ether oxygens (including phenoxy) is 4. The van der Waals surface area contributed by atoms with E-state index >= 15 is 0 Å². The Morgan fingerprint density at radius 3 is 1.49 bits per heavy atom. The molecule has 0 amide bonds. The number of nitrogens with one attached hydrogen (secondary N) is 1. The second-order valence-corrected chi connectivity index (χ2v) is 13.1. The maximum atomic E-state index is 6.44. The zero-order valence-electron chi connectivity index (χ0n) is 31.2. The van der Waals surface area contributed by atoms with Crippen LogP contribution in [0.15, 0.2) is 126 Å². The fourth-order valence-electron chi connectivity index (χ4n) is 4.94. The maximum absolute atomic E-state index is 6.44. The molecule has 3 N–H and O–H groups in total. The molecule has 2 aromatic carbocycles. The Hall–Kier alpha value is -4.46. The molecule has 0 saturated carbocycles. The lowest BCUT2D eigenvalue weighted by atomic mass is 10.1. The van der Waals surface area contributed by atoms with Crippen molar-refractivity contribution in [3.63, 3.8) is 0 Å². The van der Waals surface area contributed by atoms with Crippen LogP contribution in [0.4, 0.5) is 17.1 Å². The number of halogens is 3. The summed E-state index contributed by atoms with van der Waals surface area (Å²) >= 11 is 15.8. The molecule has 0 spiro atoms. The molecule has 10 nitrogen and oxygen atoms in total. The molecular formula is C42H45BrCl2N6O4. The molecule has 6 aromatic rings. The average Bonchev–Trinajstić information content (AvgIpc) is 3.20. The molecule has 0 fully saturated rings. The third-order valence-electron chi connectivity index (χ3n) is 7.42. The molecule has 0 aliphatic rings. The summed E-state index contributed by atoms with van der Waals surface area (Å²) in [5, 5.41) is 4.57. The number of hydrogen-bond acceptors (Lipinski definition) is 10. The molecule has 4 aromatic heterocycles. The summed E-state index contributed by atoms with van der Waals surface area (Å²) in [5.74, 6) is 0. The summed E-state index contributed by atoms with van der Waals surface area (Å²) in [6.45, 7) is 10.1. The van der Waals surface area contributed by atoms with Gasteiger partial charge in [-0.15, -0.1) is 0 Å². The average molecular weight is 849 g/mol. The van der Waals surface area contributed by atoms with E-state index in [2.05, 4.69) is 41.2 Å². The number of rotatable bonds is 14. The van der Waals surface area contributed by atoms with Crippen LogP contribution in [-0.2, 0) is 18.9 Å². The van der Waals surface area contributed by atoms with E-state index in [0.29, 0.717) is 42.2 Å². The van der Waals surface area contributed by atoms with E-state index in [9.17, 15) is 0 Å². The molecular weight excluding hydrogens is 803 g/mol. The Kier molecular flexibility index (Phi) is 18.5. The van der Waals surface area contributed by atoms with Crippen LogP contribution in [-0.4, -0.2) is 46.4 Å². The van der Waals surface area contributed by atoms with Gasteiger partial charge in [-0.2, -0.15) is 0 Å². The van der Waals surface area contributed by atoms with E-state index in [0.717, 1.165) is 49.8 Å². The van der Waals surface area contributed by atoms with Crippen molar-refractivity contribution < 1.29 is 18.9 Å². The number of aromatic nitrogens is 4. The number of nitrogens with two attached hydrogens (primary N) is 1. The number of anilines is 3. The standard InChI is InChI=1S/C21H22ClN3O2.C11H9ClN2.C10H14BrNO2/c1-3-26-21(27-4-2)20-11-9-16(14-24-20)25-15-8-10-17(18(22)13-15)19-7-5-6-12-23-19;12-10-7-8(13)4-5-9(10)11-3-1-2-6-14-11;1-3-13-10(14-4-2)9-6-5-8(11)7-12-9/h5-14,21,25H,3-4H2,1-2H3;1-7H,13H2;5-7,10H,3-4H2,1-2H3. The summed E-state index contributed by atoms with van der Waals surface area (Å²) < 4.78 is 22.9. The van der Waals surface area contributed by atoms with Crippen molar-refractivity contribution >= 4 is 56.2 Å². The van der Waals surface area contributed by atoms with Crippen LogP contribution in [0.25, 0.3) is 22.5 Å². The second-order valence-electron chi connectivity index (χ2n) is 11.3. The van der Waals surface area contributed by atoms with Crippen molar-refractivity contribution in [3.8, 4) is 22.5 Å². The highest BCUT2D eigenvalue weighted by Crippen LogP contribution is 2.31. The summed E-state index contributed by atoms with van der Waals surface area (Å²) in [4.78, 5) is 17.2. The van der Waals surface area contributed by atoms with Gasteiger partial charge in [-0.05, 0) is 129 Å². The van der Waals surface area contributed by atoms with Crippen molar-refractivity contribution in [1.82, 2.24) is 19.9 Å². The van der Waals surface area contributed by atoms with Crippen molar-refractivity contribution in [2.75, 3.05) is 37.5 Å². The first kappa shape index (κ1) is 43.3. The summed E-state index contributed by atoms with van der Waals surface area (Å²) in [5.41, 5.74) is 13.0. The lowest BCUT2D eigenvalue weighted by molar-refractivity contribution is -0.142. The van der Waals surface area contributed by atoms with Gasteiger partial charge in [-0.25, -0.2) is 0 Å². The molecule has 0 aliphatic heterocycles. The number of pyridine rings is 4. The van der Waals surface area contributed by atoms with Gasteiger partial charge in [-0.3, -0.25) is 19.9 Å². The SMILES string of the molecule is CCOC(OCC)c1ccc(Br)cn1.CCOC(OCC)c1ccc(Nc2ccc(-c3ccccn3)c(Cl)c2)cn1.Nc1ccc(-c2ccccn2)c(Cl)c1. The van der Waals surface area contributed by atoms with Gasteiger partial charge in [0.2, 0.25) is 12.6 Å². The van der Waals surface area contributed by atoms with Crippen molar-refractivity contribution in [2.24, 2.45) is 0 Å². The number of nitrogens with zero attached hydrogens (tertiary/aromatic N) is 4. The van der Waals surface area contributed by atoms with Gasteiger partial charge < -0.3 is 30.0 Å². The fourth-order valence-corrected chi connectivity index (χ4v) is 5.74. The summed E-state index contributed by atoms with van der Waals surface area (Å²) in [6, 6.07) is 30.3. The fraction of sp³-hybridized carbons (Fsp3) is 0.238. The minimum atomic E-state index is -0.443. The lowest BCUT2D eigenvalue weighted by Crippen LogP contribution is -2.10. The minimum absolute atomic E-state index is 0.349. The van der Waals surface area contributed by atoms with Crippen LogP contribution in [0.1, 0.15) is 51.7 Å². The number of benzene rings is 2. The van der Waals surface area contributed by atoms with E-state index in [1.807, 2.05) is 119 Å². The van der Waals surface area contributed by atoms with Gasteiger partial charge in [-0.1, -0.05) is 35.3 Å². The third-order valence-corrected chi connectivity index (χ3v) is 8.52. The van der Waals surface area contributed by atoms with Crippen LogP contribution >= 0.6 is 39.1 Å². The Balaban J connectivity index is 0.000000202. The first-order chi connectivity index (χ1) is 26.8. The zero-order valence-corrected chi connectivity index (χ0v) is 34.3. The van der Waals surface area contributed by atoms with Gasteiger partial charge in [0.15, 0.2) is 0 Å². The predicted octanol–water partition coefficient (Wildman–Crippen LogP) is 11.5. The maximum Gasteiger partial charge on any atom is 0.201 e. The molecule has 0 aliphatic carbocycles. The van der Waals surface area contributed by atoms with Gasteiger partial charge in [0.25, 0.3) is 0 Å². The number of hydrogen-bond donors (Lipinski definition) is 2. The van der Waals surface area contributed by atoms with Crippen LogP contribution in [0.5, 0.6) is 0 Å². The van der Waals surface area contributed by atoms with Crippen molar-refractivity contribution in [1.29, 1.82) is 0 Å². The monoisotopic (exact) mass is 846 g/mol. The molecule has 0 unspecified atom stereocenters. The highest BCUT2D eigenvalue weighted by molar-refractivity contribution is 9.10. The van der Waals surface area contributed by atoms with Gasteiger partial charge in [0, 0.05) is 72.0 Å². The minimum Gasteiger partial charge on any atom is -0.399 e. The first-order valence-corrected chi connectivity index (χ1v) is 19.3. The highest BCUT2D eigenvalue weighted by Gasteiger charge is 2.14. The van der Waals surface area contributed by atoms with E-state index in [1.165, 1.54) is 0 Å². The molecule has 55 heavy (non-hydrogen) atoms. The van der Waals surface area contributed by atoms with E-state index < -0.39 is 6.29 Å². The molecule has 6 rings (SSSR count). The Morgan fingerprint density at radius 2 is 1.07 bits per heavy atom. The smallest absolute Gasteiger partial charge is 0.201 e. The number of nitrogen functional groups attached to an aromatic ring is 1. The zero-order chi connectivity index (χ0) is 39.4. The topological polar surface area (TPSA) is 127 Å². The third kappa shape index (κ3) is 14.0. The van der Waals surface area contributed by atoms with Crippen molar-refractivity contribution in [2.45, 2.75) is 40.3 Å². The van der Waals surface area contributed by atoms with E-state index in [-0.39, 0.29) is 6.29 Å². The summed E-state index contributed by atoms with van der Waals surface area (Å²) in [7, 11) is 0. The molecule has 13 heteroatoms. The van der Waals surface area contributed by atoms with Crippen molar-refractivity contribution in [3.05, 3.63) is 148 Å². The summed E-state index contributed by atoms with van der Waals surface area (Å²) in [6.07, 6.45) is 6.19. The van der Waals surface area contributed by atoms with Gasteiger partial charge in [0.05, 0.1) is 44.7 Å². The molecule has 4 heterocycles. The predicted molar refractivity (Wildman–Crippen MR) is 225 cm³/mol. The van der Waals surface area contributed by atoms with Gasteiger partial charge in [0.1, 0.15) is 0 Å². The van der Waals surface area contributed by atoms with Crippen LogP contribution in [0.2, 0.25) is 10.0 Å². The molecule has 0 saturated heterocycles. The van der Waals surface area contributed by atoms with Crippen LogP contribution in [0, 0.1) is 0 Å². The molecule has 0 radical (unpaired) electrons. The molecule has 0 atom stereocenters. The Bertz CT molecular complexity index is 1990. The quantitative estimate of drug-likeness (QED) is 0.0808. The molecule has 288 valence electrons. The second kappa shape index (κ2) is 23.5. The van der Waals surface area contributed by atoms with Crippen LogP contribution < -0.4 is 11.1 Å².